The van der Waals surface area contributed by atoms with Crippen LogP contribution in [0.3, 0.4) is 0 Å². The summed E-state index contributed by atoms with van der Waals surface area (Å²) in [6.07, 6.45) is 6.24. The molecule has 19 heavy (non-hydrogen) atoms. The molecule has 0 atom stereocenters. The van der Waals surface area contributed by atoms with Crippen LogP contribution >= 0.6 is 0 Å². The predicted octanol–water partition coefficient (Wildman–Crippen LogP) is 2.01. The largest absolute Gasteiger partial charge is 0.461 e. The summed E-state index contributed by atoms with van der Waals surface area (Å²) in [7, 11) is 0. The molecule has 1 aliphatic rings. The maximum Gasteiger partial charge on any atom is 0.323 e. The SMILES string of the molecule is CC(C)Oc1nc(N)nc(N2CCCCCCC2)n1. The van der Waals surface area contributed by atoms with Crippen LogP contribution in [0.5, 0.6) is 6.01 Å². The van der Waals surface area contributed by atoms with E-state index < -0.39 is 0 Å². The molecule has 1 fully saturated rings. The third-order valence-corrected chi connectivity index (χ3v) is 3.10. The second-order valence-corrected chi connectivity index (χ2v) is 5.20. The molecule has 0 bridgehead atoms. The minimum absolute atomic E-state index is 0.0296. The van der Waals surface area contributed by atoms with Crippen LogP contribution in [-0.2, 0) is 0 Å². The Morgan fingerprint density at radius 3 is 2.26 bits per heavy atom. The topological polar surface area (TPSA) is 77.2 Å². The van der Waals surface area contributed by atoms with Crippen LogP contribution in [0.25, 0.3) is 0 Å². The average molecular weight is 265 g/mol. The van der Waals surface area contributed by atoms with Crippen molar-refractivity contribution in [2.75, 3.05) is 23.7 Å². The highest BCUT2D eigenvalue weighted by Crippen LogP contribution is 2.18. The van der Waals surface area contributed by atoms with Crippen LogP contribution in [0.2, 0.25) is 0 Å². The van der Waals surface area contributed by atoms with Gasteiger partial charge in [-0.1, -0.05) is 19.3 Å². The number of aromatic nitrogens is 3. The van der Waals surface area contributed by atoms with E-state index in [1.807, 2.05) is 13.8 Å². The highest BCUT2D eigenvalue weighted by atomic mass is 16.5. The van der Waals surface area contributed by atoms with E-state index in [2.05, 4.69) is 19.9 Å². The summed E-state index contributed by atoms with van der Waals surface area (Å²) < 4.78 is 5.51. The number of nitrogens with zero attached hydrogens (tertiary/aromatic N) is 4. The summed E-state index contributed by atoms with van der Waals surface area (Å²) in [5, 5.41) is 0. The third kappa shape index (κ3) is 4.22. The van der Waals surface area contributed by atoms with Crippen LogP contribution in [0.1, 0.15) is 46.0 Å². The number of hydrogen-bond acceptors (Lipinski definition) is 6. The van der Waals surface area contributed by atoms with E-state index in [9.17, 15) is 0 Å². The second kappa shape index (κ2) is 6.54. The first kappa shape index (κ1) is 13.8. The van der Waals surface area contributed by atoms with Crippen molar-refractivity contribution in [2.45, 2.75) is 52.1 Å². The van der Waals surface area contributed by atoms with Gasteiger partial charge in [0, 0.05) is 13.1 Å². The van der Waals surface area contributed by atoms with Crippen molar-refractivity contribution in [1.82, 2.24) is 15.0 Å². The fourth-order valence-electron chi connectivity index (χ4n) is 2.21. The lowest BCUT2D eigenvalue weighted by Gasteiger charge is -2.24. The zero-order valence-electron chi connectivity index (χ0n) is 11.8. The maximum absolute atomic E-state index is 5.74. The van der Waals surface area contributed by atoms with Gasteiger partial charge in [0.1, 0.15) is 0 Å². The molecule has 1 aliphatic heterocycles. The highest BCUT2D eigenvalue weighted by Gasteiger charge is 2.15. The minimum atomic E-state index is 0.0296. The van der Waals surface area contributed by atoms with Gasteiger partial charge < -0.3 is 15.4 Å². The van der Waals surface area contributed by atoms with Gasteiger partial charge in [-0.3, -0.25) is 0 Å². The summed E-state index contributed by atoms with van der Waals surface area (Å²) in [5.74, 6) is 0.868. The molecule has 6 nitrogen and oxygen atoms in total. The quantitative estimate of drug-likeness (QED) is 0.900. The summed E-state index contributed by atoms with van der Waals surface area (Å²) in [6, 6.07) is 0.319. The summed E-state index contributed by atoms with van der Waals surface area (Å²) in [6.45, 7) is 5.83. The molecule has 0 spiro atoms. The molecule has 1 saturated heterocycles. The van der Waals surface area contributed by atoms with Crippen LogP contribution < -0.4 is 15.4 Å². The molecule has 0 radical (unpaired) electrons. The maximum atomic E-state index is 5.74. The van der Waals surface area contributed by atoms with Gasteiger partial charge in [0.05, 0.1) is 6.10 Å². The van der Waals surface area contributed by atoms with Crippen molar-refractivity contribution in [3.05, 3.63) is 0 Å². The molecular formula is C13H23N5O. The van der Waals surface area contributed by atoms with E-state index in [1.54, 1.807) is 0 Å². The highest BCUT2D eigenvalue weighted by molar-refractivity contribution is 5.35. The summed E-state index contributed by atoms with van der Waals surface area (Å²) in [5.41, 5.74) is 5.74. The van der Waals surface area contributed by atoms with Crippen LogP contribution in [0.15, 0.2) is 0 Å². The van der Waals surface area contributed by atoms with Crippen molar-refractivity contribution in [3.63, 3.8) is 0 Å². The van der Waals surface area contributed by atoms with Crippen molar-refractivity contribution in [2.24, 2.45) is 0 Å². The van der Waals surface area contributed by atoms with Gasteiger partial charge in [-0.15, -0.1) is 0 Å². The van der Waals surface area contributed by atoms with E-state index >= 15 is 0 Å². The second-order valence-electron chi connectivity index (χ2n) is 5.20. The number of hydrogen-bond donors (Lipinski definition) is 1. The molecule has 6 heteroatoms. The van der Waals surface area contributed by atoms with Gasteiger partial charge >= 0.3 is 6.01 Å². The summed E-state index contributed by atoms with van der Waals surface area (Å²) >= 11 is 0. The molecule has 0 saturated carbocycles. The Bertz CT molecular complexity index is 402. The first-order valence-corrected chi connectivity index (χ1v) is 7.08. The minimum Gasteiger partial charge on any atom is -0.461 e. The van der Waals surface area contributed by atoms with Gasteiger partial charge in [-0.05, 0) is 26.7 Å². The number of nitrogens with two attached hydrogens (primary N) is 1. The molecule has 2 heterocycles. The van der Waals surface area contributed by atoms with E-state index in [0.29, 0.717) is 12.0 Å². The number of rotatable bonds is 3. The molecule has 0 aromatic carbocycles. The van der Waals surface area contributed by atoms with E-state index in [-0.39, 0.29) is 12.1 Å². The third-order valence-electron chi connectivity index (χ3n) is 3.10. The lowest BCUT2D eigenvalue weighted by Crippen LogP contribution is -2.29. The summed E-state index contributed by atoms with van der Waals surface area (Å²) in [4.78, 5) is 14.8. The average Bonchev–Trinajstić information content (AvgIpc) is 2.26. The lowest BCUT2D eigenvalue weighted by molar-refractivity contribution is 0.222. The molecule has 0 aliphatic carbocycles. The number of ether oxygens (including phenoxy) is 1. The van der Waals surface area contributed by atoms with Gasteiger partial charge in [0.25, 0.3) is 0 Å². The smallest absolute Gasteiger partial charge is 0.323 e. The van der Waals surface area contributed by atoms with Crippen LogP contribution in [-0.4, -0.2) is 34.1 Å². The number of nitrogen functional groups attached to an aromatic ring is 1. The van der Waals surface area contributed by atoms with Gasteiger partial charge in [0.2, 0.25) is 11.9 Å². The Morgan fingerprint density at radius 1 is 1.00 bits per heavy atom. The molecule has 2 N–H and O–H groups in total. The van der Waals surface area contributed by atoms with Crippen molar-refractivity contribution < 1.29 is 4.74 Å². The Balaban J connectivity index is 2.14. The molecular weight excluding hydrogens is 242 g/mol. The number of anilines is 2. The Hall–Kier alpha value is -1.59. The van der Waals surface area contributed by atoms with Crippen LogP contribution in [0, 0.1) is 0 Å². The lowest BCUT2D eigenvalue weighted by atomic mass is 10.1. The van der Waals surface area contributed by atoms with Crippen molar-refractivity contribution in [3.8, 4) is 6.01 Å². The molecule has 0 unspecified atom stereocenters. The monoisotopic (exact) mass is 265 g/mol. The Morgan fingerprint density at radius 2 is 1.63 bits per heavy atom. The zero-order chi connectivity index (χ0) is 13.7. The van der Waals surface area contributed by atoms with Gasteiger partial charge in [-0.25, -0.2) is 0 Å². The molecule has 1 aromatic rings. The molecule has 2 rings (SSSR count). The normalized spacial score (nSPS) is 17.1. The van der Waals surface area contributed by atoms with Gasteiger partial charge in [-0.2, -0.15) is 15.0 Å². The Kier molecular flexibility index (Phi) is 4.76. The molecule has 106 valence electrons. The Labute approximate surface area is 114 Å². The molecule has 0 amide bonds. The molecule has 1 aromatic heterocycles. The van der Waals surface area contributed by atoms with Crippen LogP contribution in [0.4, 0.5) is 11.9 Å². The van der Waals surface area contributed by atoms with E-state index in [1.165, 1.54) is 32.1 Å². The van der Waals surface area contributed by atoms with E-state index in [0.717, 1.165) is 13.1 Å². The first-order valence-electron chi connectivity index (χ1n) is 7.08. The first-order chi connectivity index (χ1) is 9.15. The zero-order valence-corrected chi connectivity index (χ0v) is 11.8. The van der Waals surface area contributed by atoms with Crippen molar-refractivity contribution in [1.29, 1.82) is 0 Å². The van der Waals surface area contributed by atoms with Crippen molar-refractivity contribution >= 4 is 11.9 Å². The van der Waals surface area contributed by atoms with Gasteiger partial charge in [0.15, 0.2) is 0 Å². The fourth-order valence-corrected chi connectivity index (χ4v) is 2.21. The fraction of sp³-hybridized carbons (Fsp3) is 0.769. The predicted molar refractivity (Wildman–Crippen MR) is 75.3 cm³/mol. The van der Waals surface area contributed by atoms with E-state index in [4.69, 9.17) is 10.5 Å². The standard InChI is InChI=1S/C13H23N5O/c1-10(2)19-13-16-11(14)15-12(17-13)18-8-6-4-3-5-7-9-18/h10H,3-9H2,1-2H3,(H2,14,15,16,17).